The Morgan fingerprint density at radius 3 is 2.45 bits per heavy atom. The van der Waals surface area contributed by atoms with Gasteiger partial charge in [-0.15, -0.1) is 0 Å². The molecule has 1 aliphatic carbocycles. The highest BCUT2D eigenvalue weighted by Gasteiger charge is 2.82. The van der Waals surface area contributed by atoms with E-state index in [0.29, 0.717) is 0 Å². The van der Waals surface area contributed by atoms with Gasteiger partial charge in [0.25, 0.3) is 0 Å². The van der Waals surface area contributed by atoms with Gasteiger partial charge in [0.1, 0.15) is 29.5 Å². The minimum absolute atomic E-state index is 0.250. The molecule has 5 aliphatic rings. The molecule has 0 aromatic heterocycles. The molecule has 0 amide bonds. The summed E-state index contributed by atoms with van der Waals surface area (Å²) in [5.41, 5.74) is 1.74. The Hall–Kier alpha value is -1.05. The lowest BCUT2D eigenvalue weighted by molar-refractivity contribution is -0.548. The molecule has 22 heavy (non-hydrogen) atoms. The molecule has 9 atom stereocenters. The lowest BCUT2D eigenvalue weighted by Crippen LogP contribution is -2.95. The normalized spacial score (nSPS) is 62.4. The Morgan fingerprint density at radius 2 is 1.82 bits per heavy atom. The molecule has 11 heteroatoms. The molecule has 0 aromatic carbocycles. The second-order valence-electron chi connectivity index (χ2n) is 6.22. The number of aliphatic hydroxyl groups is 6. The summed E-state index contributed by atoms with van der Waals surface area (Å²) >= 11 is 0. The summed E-state index contributed by atoms with van der Waals surface area (Å²) in [6, 6.07) is 0. The van der Waals surface area contributed by atoms with Crippen LogP contribution in [0.4, 0.5) is 0 Å². The van der Waals surface area contributed by atoms with Crippen LogP contribution in [0.25, 0.3) is 0 Å². The van der Waals surface area contributed by atoms with Crippen molar-refractivity contribution in [2.75, 3.05) is 6.61 Å². The smallest absolute Gasteiger partial charge is 0.311 e. The van der Waals surface area contributed by atoms with Gasteiger partial charge in [0.05, 0.1) is 12.5 Å². The van der Waals surface area contributed by atoms with Gasteiger partial charge in [0.15, 0.2) is 18.3 Å². The maximum absolute atomic E-state index is 10.6. The first-order chi connectivity index (χ1) is 10.2. The fourth-order valence-corrected chi connectivity index (χ4v) is 4.24. The van der Waals surface area contributed by atoms with E-state index in [2.05, 4.69) is 10.3 Å². The fourth-order valence-electron chi connectivity index (χ4n) is 4.24. The van der Waals surface area contributed by atoms with Crippen LogP contribution in [0.5, 0.6) is 0 Å². The summed E-state index contributed by atoms with van der Waals surface area (Å²) in [5.74, 6) is -3.95. The molecule has 9 N–H and O–H groups in total. The standard InChI is InChI=1S/C11H17N3O8/c12-8-13-6(17)2-4-9(19,1-15)5-3(16)10(2,14-8)7(18)11(20,21-4)22-5/h2-7,15-20H,1H2,(H3,12,13,14)/t2?,3-,4?,5+,6-,7+,9+,10?,11?/m1/s1. The molecular formula is C11H17N3O8. The van der Waals surface area contributed by atoms with Crippen LogP contribution in [0.2, 0.25) is 0 Å². The van der Waals surface area contributed by atoms with Crippen LogP contribution in [0.1, 0.15) is 0 Å². The average molecular weight is 319 g/mol. The molecule has 0 radical (unpaired) electrons. The summed E-state index contributed by atoms with van der Waals surface area (Å²) in [4.78, 5) is 3.70. The molecule has 4 aliphatic heterocycles. The SMILES string of the molecule is NC1=N[C@H](O)C2C3OC4(O)O[C@@H]([C@@H](O)C2(N1)[C@@H]4O)[C@]3(O)CO. The van der Waals surface area contributed by atoms with E-state index < -0.39 is 60.3 Å². The molecule has 3 saturated heterocycles. The first-order valence-electron chi connectivity index (χ1n) is 6.77. The van der Waals surface area contributed by atoms with Crippen LogP contribution in [-0.4, -0.2) is 91.0 Å². The summed E-state index contributed by atoms with van der Waals surface area (Å²) < 4.78 is 10.3. The average Bonchev–Trinajstić information content (AvgIpc) is 2.45. The number of nitrogens with zero attached hydrogens (tertiary/aromatic N) is 1. The maximum atomic E-state index is 10.6. The monoisotopic (exact) mass is 319 g/mol. The highest BCUT2D eigenvalue weighted by molar-refractivity contribution is 5.80. The molecular weight excluding hydrogens is 302 g/mol. The van der Waals surface area contributed by atoms with Crippen LogP contribution < -0.4 is 11.1 Å². The number of hydrogen-bond donors (Lipinski definition) is 8. The van der Waals surface area contributed by atoms with Gasteiger partial charge >= 0.3 is 5.97 Å². The van der Waals surface area contributed by atoms with Crippen molar-refractivity contribution >= 4 is 5.96 Å². The number of aliphatic hydroxyl groups excluding tert-OH is 4. The zero-order valence-corrected chi connectivity index (χ0v) is 11.2. The minimum atomic E-state index is -2.52. The number of nitrogens with one attached hydrogen (secondary N) is 1. The van der Waals surface area contributed by atoms with Crippen molar-refractivity contribution in [2.24, 2.45) is 16.6 Å². The number of hydrogen-bond acceptors (Lipinski definition) is 11. The first-order valence-corrected chi connectivity index (χ1v) is 6.77. The van der Waals surface area contributed by atoms with E-state index in [4.69, 9.17) is 15.2 Å². The van der Waals surface area contributed by atoms with Crippen molar-refractivity contribution in [3.63, 3.8) is 0 Å². The molecule has 1 saturated carbocycles. The van der Waals surface area contributed by atoms with Crippen molar-refractivity contribution in [3.05, 3.63) is 0 Å². The van der Waals surface area contributed by atoms with Crippen molar-refractivity contribution in [1.29, 1.82) is 0 Å². The molecule has 11 nitrogen and oxygen atoms in total. The molecule has 5 rings (SSSR count). The molecule has 4 heterocycles. The Morgan fingerprint density at radius 1 is 1.18 bits per heavy atom. The van der Waals surface area contributed by atoms with Crippen LogP contribution in [0.3, 0.4) is 0 Å². The number of aliphatic imine (C=N–C) groups is 1. The highest BCUT2D eigenvalue weighted by atomic mass is 16.9. The molecule has 4 fully saturated rings. The van der Waals surface area contributed by atoms with Gasteiger partial charge in [0.2, 0.25) is 0 Å². The van der Waals surface area contributed by atoms with Gasteiger partial charge in [-0.3, -0.25) is 0 Å². The van der Waals surface area contributed by atoms with Crippen LogP contribution in [-0.2, 0) is 9.47 Å². The molecule has 4 unspecified atom stereocenters. The number of rotatable bonds is 1. The zero-order chi connectivity index (χ0) is 16.1. The van der Waals surface area contributed by atoms with E-state index in [9.17, 15) is 30.6 Å². The summed E-state index contributed by atoms with van der Waals surface area (Å²) in [7, 11) is 0. The van der Waals surface area contributed by atoms with E-state index >= 15 is 0 Å². The second-order valence-corrected chi connectivity index (χ2v) is 6.22. The number of ether oxygens (including phenoxy) is 2. The van der Waals surface area contributed by atoms with Crippen molar-refractivity contribution in [1.82, 2.24) is 5.32 Å². The lowest BCUT2D eigenvalue weighted by Gasteiger charge is -2.71. The van der Waals surface area contributed by atoms with E-state index in [1.165, 1.54) is 0 Å². The predicted octanol–water partition coefficient (Wildman–Crippen LogP) is -5.52. The topological polar surface area (TPSA) is 190 Å². The number of guanidine groups is 1. The van der Waals surface area contributed by atoms with Gasteiger partial charge in [-0.25, -0.2) is 4.99 Å². The van der Waals surface area contributed by atoms with Gasteiger partial charge < -0.3 is 51.2 Å². The highest BCUT2D eigenvalue weighted by Crippen LogP contribution is 2.58. The third-order valence-electron chi connectivity index (χ3n) is 5.22. The van der Waals surface area contributed by atoms with Gasteiger partial charge in [-0.05, 0) is 0 Å². The maximum Gasteiger partial charge on any atom is 0.311 e. The number of nitrogens with two attached hydrogens (primary N) is 1. The van der Waals surface area contributed by atoms with Crippen LogP contribution in [0.15, 0.2) is 4.99 Å². The van der Waals surface area contributed by atoms with Crippen molar-refractivity contribution in [2.45, 2.75) is 47.8 Å². The Balaban J connectivity index is 1.95. The lowest BCUT2D eigenvalue weighted by atomic mass is 9.55. The van der Waals surface area contributed by atoms with E-state index in [0.717, 1.165) is 0 Å². The van der Waals surface area contributed by atoms with Gasteiger partial charge in [-0.1, -0.05) is 0 Å². The Labute approximate surface area is 123 Å². The minimum Gasteiger partial charge on any atom is -0.393 e. The van der Waals surface area contributed by atoms with Crippen molar-refractivity contribution in [3.8, 4) is 0 Å². The quantitative estimate of drug-likeness (QED) is 0.231. The largest absolute Gasteiger partial charge is 0.393 e. The van der Waals surface area contributed by atoms with Crippen LogP contribution >= 0.6 is 0 Å². The summed E-state index contributed by atoms with van der Waals surface area (Å²) in [6.07, 6.45) is -7.77. The Kier molecular flexibility index (Phi) is 2.57. The molecule has 4 bridgehead atoms. The third kappa shape index (κ3) is 1.28. The van der Waals surface area contributed by atoms with E-state index in [1.807, 2.05) is 0 Å². The van der Waals surface area contributed by atoms with Gasteiger partial charge in [-0.2, -0.15) is 0 Å². The summed E-state index contributed by atoms with van der Waals surface area (Å²) in [6.45, 7) is -0.857. The molecule has 0 aromatic rings. The first kappa shape index (κ1) is 14.5. The molecule has 1 spiro atoms. The summed E-state index contributed by atoms with van der Waals surface area (Å²) in [5, 5.41) is 64.3. The third-order valence-corrected chi connectivity index (χ3v) is 5.22. The van der Waals surface area contributed by atoms with Crippen molar-refractivity contribution < 1.29 is 40.1 Å². The van der Waals surface area contributed by atoms with Gasteiger partial charge in [0, 0.05) is 0 Å². The fraction of sp³-hybridized carbons (Fsp3) is 0.909. The predicted molar refractivity (Wildman–Crippen MR) is 65.7 cm³/mol. The second kappa shape index (κ2) is 3.88. The molecule has 124 valence electrons. The zero-order valence-electron chi connectivity index (χ0n) is 11.2. The van der Waals surface area contributed by atoms with Crippen LogP contribution in [0, 0.1) is 5.92 Å². The Bertz CT molecular complexity index is 561. The van der Waals surface area contributed by atoms with E-state index in [1.54, 1.807) is 0 Å². The van der Waals surface area contributed by atoms with E-state index in [-0.39, 0.29) is 5.96 Å².